The highest BCUT2D eigenvalue weighted by Crippen LogP contribution is 2.41. The molecule has 0 aliphatic heterocycles. The lowest BCUT2D eigenvalue weighted by molar-refractivity contribution is -0.114. The van der Waals surface area contributed by atoms with E-state index in [0.29, 0.717) is 41.1 Å². The van der Waals surface area contributed by atoms with Gasteiger partial charge in [0.25, 0.3) is 17.7 Å². The number of benzene rings is 2. The first-order chi connectivity index (χ1) is 18.0. The summed E-state index contributed by atoms with van der Waals surface area (Å²) in [5, 5.41) is 5.35. The van der Waals surface area contributed by atoms with E-state index >= 15 is 0 Å². The smallest absolute Gasteiger partial charge is 0.283 e. The molecule has 5 N–H and O–H groups in total. The number of aryl methyl sites for hydroxylation is 2. The van der Waals surface area contributed by atoms with Crippen molar-refractivity contribution in [2.75, 3.05) is 19.0 Å². The van der Waals surface area contributed by atoms with E-state index in [1.807, 2.05) is 27.7 Å². The summed E-state index contributed by atoms with van der Waals surface area (Å²) in [5.74, 6) is -2.27. The molecule has 0 unspecified atom stereocenters. The molecule has 3 amide bonds. The molecule has 200 valence electrons. The van der Waals surface area contributed by atoms with Gasteiger partial charge in [0.15, 0.2) is 5.83 Å². The van der Waals surface area contributed by atoms with Crippen molar-refractivity contribution in [3.63, 3.8) is 0 Å². The van der Waals surface area contributed by atoms with E-state index in [-0.39, 0.29) is 17.5 Å². The molecule has 0 aliphatic carbocycles. The molecule has 0 fully saturated rings. The lowest BCUT2D eigenvalue weighted by Gasteiger charge is -2.15. The van der Waals surface area contributed by atoms with E-state index in [9.17, 15) is 18.8 Å². The fourth-order valence-electron chi connectivity index (χ4n) is 4.23. The van der Waals surface area contributed by atoms with Gasteiger partial charge in [0, 0.05) is 29.1 Å². The van der Waals surface area contributed by atoms with E-state index in [0.717, 1.165) is 22.4 Å². The molecule has 0 aliphatic rings. The van der Waals surface area contributed by atoms with Gasteiger partial charge in [-0.25, -0.2) is 4.39 Å². The SMILES string of the molecule is C=C(F)C(=O)Nc1ccc(-c2c(CC)[nH]c(C(N)=O)c2-c2ccc(C(=O)NCC(C)C)c(OC)c2)c(C)c1. The highest BCUT2D eigenvalue weighted by molar-refractivity contribution is 6.06. The normalized spacial score (nSPS) is 10.8. The molecule has 3 rings (SSSR count). The Balaban J connectivity index is 2.18. The maximum Gasteiger partial charge on any atom is 0.283 e. The maximum atomic E-state index is 13.2. The van der Waals surface area contributed by atoms with Gasteiger partial charge in [0.2, 0.25) is 0 Å². The van der Waals surface area contributed by atoms with Crippen LogP contribution in [0.4, 0.5) is 10.1 Å². The predicted molar refractivity (Wildman–Crippen MR) is 147 cm³/mol. The first kappa shape index (κ1) is 28.2. The second kappa shape index (κ2) is 11.8. The Labute approximate surface area is 221 Å². The van der Waals surface area contributed by atoms with Crippen molar-refractivity contribution in [3.05, 3.63) is 71.3 Å². The fraction of sp³-hybridized carbons (Fsp3) is 0.276. The molecule has 0 saturated heterocycles. The molecular formula is C29H33FN4O4. The average Bonchev–Trinajstić information content (AvgIpc) is 3.26. The van der Waals surface area contributed by atoms with E-state index < -0.39 is 17.6 Å². The molecule has 1 heterocycles. The molecule has 1 aromatic heterocycles. The summed E-state index contributed by atoms with van der Waals surface area (Å²) in [5.41, 5.74) is 11.1. The van der Waals surface area contributed by atoms with E-state index in [1.54, 1.807) is 36.4 Å². The van der Waals surface area contributed by atoms with Crippen molar-refractivity contribution in [1.82, 2.24) is 10.3 Å². The van der Waals surface area contributed by atoms with Crippen LogP contribution in [0.1, 0.15) is 52.9 Å². The number of primary amides is 1. The molecule has 38 heavy (non-hydrogen) atoms. The van der Waals surface area contributed by atoms with Gasteiger partial charge in [-0.2, -0.15) is 0 Å². The summed E-state index contributed by atoms with van der Waals surface area (Å²) in [6.07, 6.45) is 0.571. The fourth-order valence-corrected chi connectivity index (χ4v) is 4.23. The number of ether oxygens (including phenoxy) is 1. The summed E-state index contributed by atoms with van der Waals surface area (Å²) < 4.78 is 18.7. The molecule has 8 nitrogen and oxygen atoms in total. The number of nitrogens with one attached hydrogen (secondary N) is 3. The van der Waals surface area contributed by atoms with Crippen LogP contribution in [0, 0.1) is 12.8 Å². The number of halogens is 1. The third-order valence-electron chi connectivity index (χ3n) is 6.08. The second-order valence-corrected chi connectivity index (χ2v) is 9.35. The van der Waals surface area contributed by atoms with E-state index in [4.69, 9.17) is 10.5 Å². The van der Waals surface area contributed by atoms with Crippen molar-refractivity contribution < 1.29 is 23.5 Å². The van der Waals surface area contributed by atoms with Gasteiger partial charge in [-0.05, 0) is 60.2 Å². The summed E-state index contributed by atoms with van der Waals surface area (Å²) in [4.78, 5) is 40.2. The molecule has 0 radical (unpaired) electrons. The Kier molecular flexibility index (Phi) is 8.72. The minimum absolute atomic E-state index is 0.224. The zero-order valence-corrected chi connectivity index (χ0v) is 22.3. The van der Waals surface area contributed by atoms with Crippen LogP contribution in [0.15, 0.2) is 48.8 Å². The summed E-state index contributed by atoms with van der Waals surface area (Å²) >= 11 is 0. The van der Waals surface area contributed by atoms with Crippen LogP contribution in [0.5, 0.6) is 5.75 Å². The van der Waals surface area contributed by atoms with Gasteiger partial charge in [0.1, 0.15) is 11.4 Å². The van der Waals surface area contributed by atoms with Crippen LogP contribution >= 0.6 is 0 Å². The summed E-state index contributed by atoms with van der Waals surface area (Å²) in [6.45, 7) is 11.3. The van der Waals surface area contributed by atoms with Crippen LogP contribution in [0.2, 0.25) is 0 Å². The number of aromatic amines is 1. The van der Waals surface area contributed by atoms with Gasteiger partial charge >= 0.3 is 0 Å². The van der Waals surface area contributed by atoms with Crippen LogP contribution in [-0.4, -0.2) is 36.4 Å². The number of carbonyl (C=O) groups is 3. The van der Waals surface area contributed by atoms with Crippen LogP contribution < -0.4 is 21.1 Å². The Morgan fingerprint density at radius 2 is 1.84 bits per heavy atom. The lowest BCUT2D eigenvalue weighted by atomic mass is 9.90. The molecule has 3 aromatic rings. The number of methoxy groups -OCH3 is 1. The number of hydrogen-bond acceptors (Lipinski definition) is 4. The molecule has 0 spiro atoms. The van der Waals surface area contributed by atoms with Crippen LogP contribution in [0.25, 0.3) is 22.3 Å². The van der Waals surface area contributed by atoms with Crippen molar-refractivity contribution in [2.24, 2.45) is 11.7 Å². The van der Waals surface area contributed by atoms with Crippen molar-refractivity contribution in [2.45, 2.75) is 34.1 Å². The molecule has 0 bridgehead atoms. The summed E-state index contributed by atoms with van der Waals surface area (Å²) in [6, 6.07) is 10.3. The zero-order chi connectivity index (χ0) is 28.1. The highest BCUT2D eigenvalue weighted by atomic mass is 19.1. The first-order valence-corrected chi connectivity index (χ1v) is 12.3. The number of anilines is 1. The Bertz CT molecular complexity index is 1410. The Morgan fingerprint density at radius 3 is 2.39 bits per heavy atom. The van der Waals surface area contributed by atoms with Crippen molar-refractivity contribution >= 4 is 23.4 Å². The van der Waals surface area contributed by atoms with E-state index in [1.165, 1.54) is 7.11 Å². The number of aromatic nitrogens is 1. The molecule has 0 saturated carbocycles. The molecule has 9 heteroatoms. The molecule has 0 atom stereocenters. The van der Waals surface area contributed by atoms with Gasteiger partial charge in [-0.15, -0.1) is 0 Å². The predicted octanol–water partition coefficient (Wildman–Crippen LogP) is 5.13. The highest BCUT2D eigenvalue weighted by Gasteiger charge is 2.25. The minimum Gasteiger partial charge on any atom is -0.496 e. The monoisotopic (exact) mass is 520 g/mol. The maximum absolute atomic E-state index is 13.2. The van der Waals surface area contributed by atoms with E-state index in [2.05, 4.69) is 22.2 Å². The molecule has 2 aromatic carbocycles. The number of hydrogen-bond donors (Lipinski definition) is 4. The first-order valence-electron chi connectivity index (χ1n) is 12.3. The summed E-state index contributed by atoms with van der Waals surface area (Å²) in [7, 11) is 1.48. The topological polar surface area (TPSA) is 126 Å². The van der Waals surface area contributed by atoms with Gasteiger partial charge in [0.05, 0.1) is 12.7 Å². The van der Waals surface area contributed by atoms with Crippen molar-refractivity contribution in [3.8, 4) is 28.0 Å². The zero-order valence-electron chi connectivity index (χ0n) is 22.3. The molecular weight excluding hydrogens is 487 g/mol. The van der Waals surface area contributed by atoms with Crippen LogP contribution in [0.3, 0.4) is 0 Å². The number of amides is 3. The number of nitrogens with two attached hydrogens (primary N) is 1. The largest absolute Gasteiger partial charge is 0.496 e. The van der Waals surface area contributed by atoms with Gasteiger partial charge < -0.3 is 26.1 Å². The number of H-pyrrole nitrogens is 1. The minimum atomic E-state index is -1.09. The second-order valence-electron chi connectivity index (χ2n) is 9.35. The standard InChI is InChI=1S/C29H33FN4O4/c1-7-22-25(20-11-9-19(12-16(20)4)33-28(36)17(5)30)24(26(34-22)27(31)35)18-8-10-21(23(13-18)38-6)29(37)32-14-15(2)3/h8-13,15,34H,5,7,14H2,1-4,6H3,(H2,31,35)(H,32,37)(H,33,36). The quantitative estimate of drug-likeness (QED) is 0.276. The Hall–Kier alpha value is -4.40. The third kappa shape index (κ3) is 5.94. The number of carbonyl (C=O) groups excluding carboxylic acids is 3. The van der Waals surface area contributed by atoms with Crippen LogP contribution in [-0.2, 0) is 11.2 Å². The number of rotatable bonds is 10. The lowest BCUT2D eigenvalue weighted by Crippen LogP contribution is -2.27. The third-order valence-corrected chi connectivity index (χ3v) is 6.08. The Morgan fingerprint density at radius 1 is 1.13 bits per heavy atom. The van der Waals surface area contributed by atoms with Gasteiger partial charge in [-0.3, -0.25) is 14.4 Å². The average molecular weight is 521 g/mol. The van der Waals surface area contributed by atoms with Gasteiger partial charge in [-0.1, -0.05) is 39.5 Å². The van der Waals surface area contributed by atoms with Crippen molar-refractivity contribution in [1.29, 1.82) is 0 Å².